The first kappa shape index (κ1) is 17.2. The largest absolute Gasteiger partial charge is 0.310 e. The molecule has 0 saturated carbocycles. The molecule has 25 heavy (non-hydrogen) atoms. The maximum absolute atomic E-state index is 12.2. The highest BCUT2D eigenvalue weighted by Crippen LogP contribution is 2.20. The summed E-state index contributed by atoms with van der Waals surface area (Å²) in [4.78, 5) is 12.2. The van der Waals surface area contributed by atoms with Gasteiger partial charge in [-0.05, 0) is 54.5 Å². The number of tetrazole rings is 1. The van der Waals surface area contributed by atoms with Crippen molar-refractivity contribution in [2.45, 2.75) is 25.9 Å². The highest BCUT2D eigenvalue weighted by Gasteiger charge is 2.13. The molecular formula is C16H19N7OS. The second kappa shape index (κ2) is 7.06. The van der Waals surface area contributed by atoms with Gasteiger partial charge in [-0.3, -0.25) is 9.48 Å². The Morgan fingerprint density at radius 3 is 2.68 bits per heavy atom. The number of nitrogens with zero attached hydrogens (tertiary/aromatic N) is 6. The maximum Gasteiger partial charge on any atom is 0.235 e. The monoisotopic (exact) mass is 357 g/mol. The van der Waals surface area contributed by atoms with Gasteiger partial charge in [0.05, 0.1) is 17.1 Å². The number of rotatable bonds is 5. The van der Waals surface area contributed by atoms with E-state index in [9.17, 15) is 4.79 Å². The Kier molecular flexibility index (Phi) is 4.84. The lowest BCUT2D eigenvalue weighted by molar-refractivity contribution is -0.113. The summed E-state index contributed by atoms with van der Waals surface area (Å²) in [6.45, 7) is 5.97. The van der Waals surface area contributed by atoms with Crippen LogP contribution in [0.3, 0.4) is 0 Å². The Hall–Kier alpha value is -2.68. The van der Waals surface area contributed by atoms with E-state index in [-0.39, 0.29) is 11.7 Å². The van der Waals surface area contributed by atoms with Crippen LogP contribution in [0.25, 0.3) is 5.69 Å². The Morgan fingerprint density at radius 2 is 2.00 bits per heavy atom. The van der Waals surface area contributed by atoms with E-state index in [4.69, 9.17) is 0 Å². The summed E-state index contributed by atoms with van der Waals surface area (Å²) in [5.74, 6) is 0.731. The number of amides is 1. The van der Waals surface area contributed by atoms with E-state index in [0.29, 0.717) is 11.0 Å². The lowest BCUT2D eigenvalue weighted by Crippen LogP contribution is -2.16. The van der Waals surface area contributed by atoms with Crippen molar-refractivity contribution in [3.05, 3.63) is 41.1 Å². The number of nitrogens with one attached hydrogen (secondary N) is 1. The van der Waals surface area contributed by atoms with Crippen LogP contribution in [0.15, 0.2) is 29.4 Å². The van der Waals surface area contributed by atoms with E-state index >= 15 is 0 Å². The maximum atomic E-state index is 12.2. The normalized spacial score (nSPS) is 10.9. The Balaban J connectivity index is 1.68. The summed E-state index contributed by atoms with van der Waals surface area (Å²) >= 11 is 1.28. The number of carbonyl (C=O) groups is 1. The molecule has 3 aromatic rings. The quantitative estimate of drug-likeness (QED) is 0.703. The van der Waals surface area contributed by atoms with Crippen molar-refractivity contribution in [1.82, 2.24) is 30.0 Å². The highest BCUT2D eigenvalue weighted by atomic mass is 32.2. The third-order valence-corrected chi connectivity index (χ3v) is 4.70. The van der Waals surface area contributed by atoms with Gasteiger partial charge in [0, 0.05) is 13.1 Å². The fourth-order valence-corrected chi connectivity index (χ4v) is 3.02. The van der Waals surface area contributed by atoms with Crippen molar-refractivity contribution in [1.29, 1.82) is 0 Å². The molecule has 0 aliphatic rings. The molecule has 0 unspecified atom stereocenters. The van der Waals surface area contributed by atoms with Gasteiger partial charge in [0.2, 0.25) is 11.1 Å². The third-order valence-electron chi connectivity index (χ3n) is 3.78. The molecule has 3 rings (SSSR count). The van der Waals surface area contributed by atoms with Crippen LogP contribution >= 0.6 is 11.8 Å². The summed E-state index contributed by atoms with van der Waals surface area (Å²) in [5, 5.41) is 19.4. The number of aromatic nitrogens is 6. The van der Waals surface area contributed by atoms with Gasteiger partial charge in [-0.25, -0.2) is 0 Å². The number of benzene rings is 1. The van der Waals surface area contributed by atoms with Crippen LogP contribution in [-0.4, -0.2) is 41.6 Å². The van der Waals surface area contributed by atoms with Crippen LogP contribution in [0, 0.1) is 20.8 Å². The van der Waals surface area contributed by atoms with Crippen LogP contribution < -0.4 is 5.32 Å². The van der Waals surface area contributed by atoms with E-state index in [1.807, 2.05) is 38.1 Å². The predicted molar refractivity (Wildman–Crippen MR) is 95.9 cm³/mol. The molecule has 0 aliphatic heterocycles. The van der Waals surface area contributed by atoms with Crippen molar-refractivity contribution in [2.75, 3.05) is 11.1 Å². The zero-order valence-electron chi connectivity index (χ0n) is 14.5. The first-order valence-corrected chi connectivity index (χ1v) is 8.72. The highest BCUT2D eigenvalue weighted by molar-refractivity contribution is 7.99. The van der Waals surface area contributed by atoms with Crippen molar-refractivity contribution in [3.8, 4) is 5.69 Å². The number of anilines is 1. The Morgan fingerprint density at radius 1 is 1.20 bits per heavy atom. The van der Waals surface area contributed by atoms with Crippen molar-refractivity contribution in [2.24, 2.45) is 7.05 Å². The molecule has 8 nitrogen and oxygen atoms in total. The van der Waals surface area contributed by atoms with Crippen LogP contribution in [0.1, 0.15) is 16.8 Å². The molecule has 1 aromatic carbocycles. The Bertz CT molecular complexity index is 915. The van der Waals surface area contributed by atoms with Crippen LogP contribution in [-0.2, 0) is 11.8 Å². The van der Waals surface area contributed by atoms with E-state index in [1.54, 1.807) is 16.4 Å². The van der Waals surface area contributed by atoms with Crippen molar-refractivity contribution >= 4 is 23.5 Å². The van der Waals surface area contributed by atoms with Gasteiger partial charge in [0.25, 0.3) is 0 Å². The number of carbonyl (C=O) groups excluding carboxylic acids is 1. The van der Waals surface area contributed by atoms with Crippen LogP contribution in [0.5, 0.6) is 0 Å². The molecule has 1 N–H and O–H groups in total. The van der Waals surface area contributed by atoms with Gasteiger partial charge < -0.3 is 5.32 Å². The molecule has 9 heteroatoms. The third kappa shape index (κ3) is 3.87. The first-order valence-electron chi connectivity index (χ1n) is 7.73. The molecule has 1 amide bonds. The molecule has 2 heterocycles. The molecule has 0 fully saturated rings. The second-order valence-electron chi connectivity index (χ2n) is 5.77. The van der Waals surface area contributed by atoms with E-state index < -0.39 is 0 Å². The van der Waals surface area contributed by atoms with Gasteiger partial charge in [-0.1, -0.05) is 17.8 Å². The van der Waals surface area contributed by atoms with Gasteiger partial charge in [-0.2, -0.15) is 9.78 Å². The van der Waals surface area contributed by atoms with E-state index in [0.717, 1.165) is 16.9 Å². The minimum Gasteiger partial charge on any atom is -0.310 e. The molecule has 0 saturated heterocycles. The molecule has 0 bridgehead atoms. The second-order valence-corrected chi connectivity index (χ2v) is 6.72. The molecular weight excluding hydrogens is 338 g/mol. The van der Waals surface area contributed by atoms with E-state index in [1.165, 1.54) is 17.3 Å². The lowest BCUT2D eigenvalue weighted by Gasteiger charge is -2.07. The number of aryl methyl sites for hydroxylation is 4. The topological polar surface area (TPSA) is 90.5 Å². The summed E-state index contributed by atoms with van der Waals surface area (Å²) in [5.41, 5.74) is 4.09. The summed E-state index contributed by atoms with van der Waals surface area (Å²) in [7, 11) is 1.79. The summed E-state index contributed by atoms with van der Waals surface area (Å²) in [6, 6.07) is 7.83. The minimum absolute atomic E-state index is 0.136. The SMILES string of the molecule is Cc1cc(NC(=O)CSc2nnnn2-c2ccc(C)c(C)c2)n(C)n1. The average molecular weight is 357 g/mol. The number of hydrogen-bond acceptors (Lipinski definition) is 6. The molecule has 0 radical (unpaired) electrons. The van der Waals surface area contributed by atoms with Gasteiger partial charge >= 0.3 is 0 Å². The van der Waals surface area contributed by atoms with Crippen molar-refractivity contribution < 1.29 is 4.79 Å². The van der Waals surface area contributed by atoms with Gasteiger partial charge in [0.15, 0.2) is 0 Å². The predicted octanol–water partition coefficient (Wildman–Crippen LogP) is 2.05. The summed E-state index contributed by atoms with van der Waals surface area (Å²) in [6.07, 6.45) is 0. The fraction of sp³-hybridized carbons (Fsp3) is 0.312. The smallest absolute Gasteiger partial charge is 0.235 e. The van der Waals surface area contributed by atoms with Crippen molar-refractivity contribution in [3.63, 3.8) is 0 Å². The Labute approximate surface area is 149 Å². The average Bonchev–Trinajstić information content (AvgIpc) is 3.14. The summed E-state index contributed by atoms with van der Waals surface area (Å²) < 4.78 is 3.27. The first-order chi connectivity index (χ1) is 11.9. The van der Waals surface area contributed by atoms with Gasteiger partial charge in [0.1, 0.15) is 5.82 Å². The van der Waals surface area contributed by atoms with E-state index in [2.05, 4.69) is 32.9 Å². The van der Waals surface area contributed by atoms with Crippen LogP contribution in [0.2, 0.25) is 0 Å². The molecule has 0 spiro atoms. The molecule has 2 aromatic heterocycles. The number of hydrogen-bond donors (Lipinski definition) is 1. The zero-order chi connectivity index (χ0) is 18.0. The fourth-order valence-electron chi connectivity index (χ4n) is 2.32. The van der Waals surface area contributed by atoms with Crippen LogP contribution in [0.4, 0.5) is 5.82 Å². The molecule has 130 valence electrons. The molecule has 0 atom stereocenters. The zero-order valence-corrected chi connectivity index (χ0v) is 15.3. The lowest BCUT2D eigenvalue weighted by atomic mass is 10.1. The minimum atomic E-state index is -0.136. The van der Waals surface area contributed by atoms with Gasteiger partial charge in [-0.15, -0.1) is 5.10 Å². The standard InChI is InChI=1S/C16H19N7OS/c1-10-5-6-13(7-11(10)2)23-16(18-20-21-23)25-9-15(24)17-14-8-12(3)19-22(14)4/h5-8H,9H2,1-4H3,(H,17,24). The molecule has 0 aliphatic carbocycles. The number of thioether (sulfide) groups is 1.